The smallest absolute Gasteiger partial charge is 0.130 e. The molecule has 0 aromatic heterocycles. The first kappa shape index (κ1) is 12.1. The van der Waals surface area contributed by atoms with Crippen molar-refractivity contribution in [2.75, 3.05) is 13.2 Å². The molecule has 0 bridgehead atoms. The Balaban J connectivity index is 2.61. The molecule has 4 heteroatoms. The van der Waals surface area contributed by atoms with Crippen LogP contribution >= 0.6 is 0 Å². The predicted octanol–water partition coefficient (Wildman–Crippen LogP) is 2.00. The van der Waals surface area contributed by atoms with Crippen LogP contribution in [-0.4, -0.2) is 18.3 Å². The van der Waals surface area contributed by atoms with Gasteiger partial charge < -0.3 is 10.4 Å². The molecule has 1 aromatic rings. The first-order valence-electron chi connectivity index (χ1n) is 4.94. The third-order valence-corrected chi connectivity index (χ3v) is 2.21. The Morgan fingerprint density at radius 2 is 2.13 bits per heavy atom. The molecular weight excluding hydrogens is 200 g/mol. The second-order valence-corrected chi connectivity index (χ2v) is 3.42. The van der Waals surface area contributed by atoms with E-state index in [1.54, 1.807) is 6.92 Å². The lowest BCUT2D eigenvalue weighted by atomic mass is 10.1. The number of rotatable bonds is 5. The molecule has 0 heterocycles. The zero-order chi connectivity index (χ0) is 11.3. The van der Waals surface area contributed by atoms with E-state index < -0.39 is 11.6 Å². The third-order valence-electron chi connectivity index (χ3n) is 2.21. The zero-order valence-corrected chi connectivity index (χ0v) is 8.63. The highest BCUT2D eigenvalue weighted by Crippen LogP contribution is 2.17. The van der Waals surface area contributed by atoms with Crippen LogP contribution in [0.4, 0.5) is 8.78 Å². The van der Waals surface area contributed by atoms with Crippen LogP contribution in [0.3, 0.4) is 0 Å². The van der Waals surface area contributed by atoms with E-state index >= 15 is 0 Å². The van der Waals surface area contributed by atoms with E-state index in [1.807, 2.05) is 0 Å². The highest BCUT2D eigenvalue weighted by Gasteiger charge is 2.10. The Hall–Kier alpha value is -1.00. The molecule has 1 atom stereocenters. The summed E-state index contributed by atoms with van der Waals surface area (Å²) in [6, 6.07) is 3.36. The van der Waals surface area contributed by atoms with Crippen LogP contribution in [0.1, 0.15) is 24.9 Å². The molecule has 0 radical (unpaired) electrons. The van der Waals surface area contributed by atoms with E-state index in [0.29, 0.717) is 18.5 Å². The summed E-state index contributed by atoms with van der Waals surface area (Å²) in [4.78, 5) is 0. The van der Waals surface area contributed by atoms with Gasteiger partial charge in [-0.25, -0.2) is 8.78 Å². The third kappa shape index (κ3) is 3.57. The van der Waals surface area contributed by atoms with E-state index in [1.165, 1.54) is 12.1 Å². The molecule has 0 saturated heterocycles. The first-order valence-corrected chi connectivity index (χ1v) is 4.94. The SMILES string of the molecule is CC(NCCCO)c1ccc(F)cc1F. The summed E-state index contributed by atoms with van der Waals surface area (Å²) in [7, 11) is 0. The molecule has 1 aromatic carbocycles. The maximum atomic E-state index is 13.3. The lowest BCUT2D eigenvalue weighted by molar-refractivity contribution is 0.283. The number of hydrogen-bond donors (Lipinski definition) is 2. The summed E-state index contributed by atoms with van der Waals surface area (Å²) in [5, 5.41) is 11.6. The van der Waals surface area contributed by atoms with Gasteiger partial charge >= 0.3 is 0 Å². The van der Waals surface area contributed by atoms with Gasteiger partial charge in [-0.05, 0) is 26.0 Å². The molecule has 0 aliphatic heterocycles. The molecule has 2 N–H and O–H groups in total. The van der Waals surface area contributed by atoms with Crippen LogP contribution in [0, 0.1) is 11.6 Å². The van der Waals surface area contributed by atoms with Gasteiger partial charge in [0, 0.05) is 24.3 Å². The summed E-state index contributed by atoms with van der Waals surface area (Å²) in [6.45, 7) is 2.51. The van der Waals surface area contributed by atoms with Crippen molar-refractivity contribution in [3.05, 3.63) is 35.4 Å². The van der Waals surface area contributed by atoms with E-state index in [2.05, 4.69) is 5.32 Å². The number of halogens is 2. The minimum atomic E-state index is -0.571. The van der Waals surface area contributed by atoms with Gasteiger partial charge in [0.05, 0.1) is 0 Å². The Bertz CT molecular complexity index is 317. The van der Waals surface area contributed by atoms with E-state index in [4.69, 9.17) is 5.11 Å². The van der Waals surface area contributed by atoms with Crippen LogP contribution in [0.5, 0.6) is 0 Å². The Morgan fingerprint density at radius 1 is 1.40 bits per heavy atom. The molecule has 15 heavy (non-hydrogen) atoms. The highest BCUT2D eigenvalue weighted by atomic mass is 19.1. The maximum Gasteiger partial charge on any atom is 0.130 e. The van der Waals surface area contributed by atoms with Crippen molar-refractivity contribution < 1.29 is 13.9 Å². The standard InChI is InChI=1S/C11H15F2NO/c1-8(14-5-2-6-15)10-4-3-9(12)7-11(10)13/h3-4,7-8,14-15H,2,5-6H2,1H3. The fraction of sp³-hybridized carbons (Fsp3) is 0.455. The predicted molar refractivity (Wildman–Crippen MR) is 54.5 cm³/mol. The average Bonchev–Trinajstić information content (AvgIpc) is 2.17. The number of nitrogens with one attached hydrogen (secondary N) is 1. The second-order valence-electron chi connectivity index (χ2n) is 3.42. The van der Waals surface area contributed by atoms with Gasteiger partial charge in [-0.3, -0.25) is 0 Å². The molecule has 0 aliphatic rings. The molecule has 1 rings (SSSR count). The van der Waals surface area contributed by atoms with E-state index in [-0.39, 0.29) is 12.6 Å². The first-order chi connectivity index (χ1) is 7.15. The van der Waals surface area contributed by atoms with Crippen molar-refractivity contribution in [1.82, 2.24) is 5.32 Å². The molecule has 84 valence electrons. The molecule has 0 spiro atoms. The lowest BCUT2D eigenvalue weighted by Gasteiger charge is -2.14. The number of aliphatic hydroxyl groups is 1. The summed E-state index contributed by atoms with van der Waals surface area (Å²) < 4.78 is 25.9. The van der Waals surface area contributed by atoms with Crippen molar-refractivity contribution in [2.45, 2.75) is 19.4 Å². The molecule has 0 amide bonds. The van der Waals surface area contributed by atoms with Crippen LogP contribution in [0.15, 0.2) is 18.2 Å². The Labute approximate surface area is 87.9 Å². The minimum absolute atomic E-state index is 0.103. The highest BCUT2D eigenvalue weighted by molar-refractivity contribution is 5.21. The van der Waals surface area contributed by atoms with Crippen molar-refractivity contribution in [3.63, 3.8) is 0 Å². The summed E-state index contributed by atoms with van der Waals surface area (Å²) in [6.07, 6.45) is 0.618. The largest absolute Gasteiger partial charge is 0.396 e. The molecule has 0 saturated carbocycles. The topological polar surface area (TPSA) is 32.3 Å². The summed E-state index contributed by atoms with van der Waals surface area (Å²) in [5.41, 5.74) is 0.439. The van der Waals surface area contributed by atoms with Gasteiger partial charge in [0.25, 0.3) is 0 Å². The monoisotopic (exact) mass is 215 g/mol. The van der Waals surface area contributed by atoms with Crippen LogP contribution in [0.25, 0.3) is 0 Å². The fourth-order valence-electron chi connectivity index (χ4n) is 1.36. The second kappa shape index (κ2) is 5.78. The molecule has 2 nitrogen and oxygen atoms in total. The number of benzene rings is 1. The van der Waals surface area contributed by atoms with Gasteiger partial charge in [-0.15, -0.1) is 0 Å². The van der Waals surface area contributed by atoms with Gasteiger partial charge in [-0.2, -0.15) is 0 Å². The van der Waals surface area contributed by atoms with Crippen LogP contribution < -0.4 is 5.32 Å². The number of aliphatic hydroxyl groups excluding tert-OH is 1. The number of hydrogen-bond acceptors (Lipinski definition) is 2. The fourth-order valence-corrected chi connectivity index (χ4v) is 1.36. The quantitative estimate of drug-likeness (QED) is 0.736. The van der Waals surface area contributed by atoms with Crippen molar-refractivity contribution in [2.24, 2.45) is 0 Å². The van der Waals surface area contributed by atoms with Gasteiger partial charge in [-0.1, -0.05) is 6.07 Å². The normalized spacial score (nSPS) is 12.8. The average molecular weight is 215 g/mol. The minimum Gasteiger partial charge on any atom is -0.396 e. The maximum absolute atomic E-state index is 13.3. The van der Waals surface area contributed by atoms with Crippen molar-refractivity contribution in [1.29, 1.82) is 0 Å². The summed E-state index contributed by atoms with van der Waals surface area (Å²) >= 11 is 0. The van der Waals surface area contributed by atoms with E-state index in [9.17, 15) is 8.78 Å². The van der Waals surface area contributed by atoms with Crippen molar-refractivity contribution >= 4 is 0 Å². The summed E-state index contributed by atoms with van der Waals surface area (Å²) in [5.74, 6) is -1.11. The lowest BCUT2D eigenvalue weighted by Crippen LogP contribution is -2.21. The van der Waals surface area contributed by atoms with Gasteiger partial charge in [0.2, 0.25) is 0 Å². The molecule has 0 fully saturated rings. The molecular formula is C11H15F2NO. The van der Waals surface area contributed by atoms with Crippen LogP contribution in [-0.2, 0) is 0 Å². The van der Waals surface area contributed by atoms with E-state index in [0.717, 1.165) is 6.07 Å². The van der Waals surface area contributed by atoms with Crippen molar-refractivity contribution in [3.8, 4) is 0 Å². The van der Waals surface area contributed by atoms with Gasteiger partial charge in [0.15, 0.2) is 0 Å². The van der Waals surface area contributed by atoms with Crippen LogP contribution in [0.2, 0.25) is 0 Å². The Kier molecular flexibility index (Phi) is 4.65. The zero-order valence-electron chi connectivity index (χ0n) is 8.63. The molecule has 0 aliphatic carbocycles. The Morgan fingerprint density at radius 3 is 2.73 bits per heavy atom. The molecule has 1 unspecified atom stereocenters. The van der Waals surface area contributed by atoms with Gasteiger partial charge in [0.1, 0.15) is 11.6 Å².